The number of rotatable bonds is 6. The van der Waals surface area contributed by atoms with Crippen molar-refractivity contribution in [3.8, 4) is 0 Å². The minimum absolute atomic E-state index is 0.204. The second kappa shape index (κ2) is 10.2. The fourth-order valence-electron chi connectivity index (χ4n) is 6.61. The fraction of sp³-hybridized carbons (Fsp3) is 0.920. The third-order valence-electron chi connectivity index (χ3n) is 8.66. The van der Waals surface area contributed by atoms with Gasteiger partial charge in [0.25, 0.3) is 0 Å². The van der Waals surface area contributed by atoms with Crippen molar-refractivity contribution < 1.29 is 4.74 Å². The smallest absolute Gasteiger partial charge is 0.113 e. The molecule has 3 aliphatic heterocycles. The topological polar surface area (TPSA) is 60.6 Å². The summed E-state index contributed by atoms with van der Waals surface area (Å²) >= 11 is 0. The molecule has 7 unspecified atom stereocenters. The molecule has 31 heavy (non-hydrogen) atoms. The molecule has 0 aromatic carbocycles. The fourth-order valence-corrected chi connectivity index (χ4v) is 6.61. The average Bonchev–Trinajstić information content (AvgIpc) is 3.10. The average molecular weight is 432 g/mol. The van der Waals surface area contributed by atoms with Crippen LogP contribution in [-0.2, 0) is 4.74 Å². The standard InChI is InChI=1S/C25H45N5O/c1-3-19-16-23(26-20-7-4-8-20)29-25(27-19)28-21-14-18-10-13-31-24(18)22(15-21)17-6-5-11-30(2)12-9-17/h9,18-29H,3-8,10-16H2,1-2H3. The van der Waals surface area contributed by atoms with Crippen molar-refractivity contribution >= 4 is 0 Å². The van der Waals surface area contributed by atoms with Crippen LogP contribution in [0.4, 0.5) is 0 Å². The Hall–Kier alpha value is -0.500. The van der Waals surface area contributed by atoms with E-state index in [9.17, 15) is 0 Å². The monoisotopic (exact) mass is 431 g/mol. The second-order valence-electron chi connectivity index (χ2n) is 10.9. The SMILES string of the molecule is CCC1CC(NC2CCC2)NC(NC2CC3CCOC3C(C3=CCN(C)CCC3)C2)N1. The van der Waals surface area contributed by atoms with E-state index < -0.39 is 0 Å². The van der Waals surface area contributed by atoms with E-state index >= 15 is 0 Å². The molecule has 0 bridgehead atoms. The van der Waals surface area contributed by atoms with Crippen LogP contribution in [0, 0.1) is 11.8 Å². The van der Waals surface area contributed by atoms with Crippen LogP contribution in [0.2, 0.25) is 0 Å². The van der Waals surface area contributed by atoms with Crippen LogP contribution in [-0.4, -0.2) is 68.3 Å². The van der Waals surface area contributed by atoms with E-state index in [1.165, 1.54) is 70.8 Å². The third kappa shape index (κ3) is 5.36. The van der Waals surface area contributed by atoms with Crippen molar-refractivity contribution in [1.82, 2.24) is 26.2 Å². The molecule has 0 spiro atoms. The Morgan fingerprint density at radius 3 is 2.77 bits per heavy atom. The van der Waals surface area contributed by atoms with Gasteiger partial charge >= 0.3 is 0 Å². The van der Waals surface area contributed by atoms with Crippen LogP contribution in [0.15, 0.2) is 11.6 Å². The van der Waals surface area contributed by atoms with Gasteiger partial charge in [-0.05, 0) is 77.3 Å². The minimum atomic E-state index is 0.204. The van der Waals surface area contributed by atoms with Gasteiger partial charge < -0.3 is 9.64 Å². The Morgan fingerprint density at radius 2 is 1.97 bits per heavy atom. The number of ether oxygens (including phenoxy) is 1. The normalized spacial score (nSPS) is 42.5. The number of nitrogens with one attached hydrogen (secondary N) is 4. The summed E-state index contributed by atoms with van der Waals surface area (Å²) in [4.78, 5) is 2.45. The first kappa shape index (κ1) is 22.3. The molecule has 2 aliphatic carbocycles. The summed E-state index contributed by atoms with van der Waals surface area (Å²) < 4.78 is 6.32. The first-order valence-corrected chi connectivity index (χ1v) is 13.2. The van der Waals surface area contributed by atoms with Gasteiger partial charge in [-0.25, -0.2) is 0 Å². The number of nitrogens with zero attached hydrogens (tertiary/aromatic N) is 1. The molecule has 2 saturated carbocycles. The van der Waals surface area contributed by atoms with Gasteiger partial charge in [-0.1, -0.05) is 25.0 Å². The van der Waals surface area contributed by atoms with Crippen molar-refractivity contribution in [2.24, 2.45) is 11.8 Å². The van der Waals surface area contributed by atoms with Gasteiger partial charge in [-0.3, -0.25) is 21.3 Å². The molecule has 6 heteroatoms. The number of likely N-dealkylation sites (N-methyl/N-ethyl adjacent to an activating group) is 1. The van der Waals surface area contributed by atoms with Crippen LogP contribution in [0.25, 0.3) is 0 Å². The van der Waals surface area contributed by atoms with Gasteiger partial charge in [-0.2, -0.15) is 0 Å². The van der Waals surface area contributed by atoms with Crippen molar-refractivity contribution in [3.63, 3.8) is 0 Å². The van der Waals surface area contributed by atoms with E-state index in [-0.39, 0.29) is 6.29 Å². The summed E-state index contributed by atoms with van der Waals surface area (Å²) in [5.74, 6) is 1.31. The van der Waals surface area contributed by atoms with E-state index in [0.29, 0.717) is 36.2 Å². The van der Waals surface area contributed by atoms with Crippen LogP contribution < -0.4 is 21.3 Å². The lowest BCUT2D eigenvalue weighted by Gasteiger charge is -2.45. The van der Waals surface area contributed by atoms with Crippen molar-refractivity contribution in [2.75, 3.05) is 26.7 Å². The van der Waals surface area contributed by atoms with E-state index in [4.69, 9.17) is 4.74 Å². The number of fused-ring (bicyclic) bond motifs is 1. The molecule has 4 N–H and O–H groups in total. The van der Waals surface area contributed by atoms with E-state index in [0.717, 1.165) is 19.2 Å². The number of hydrogen-bond acceptors (Lipinski definition) is 6. The van der Waals surface area contributed by atoms with E-state index in [1.54, 1.807) is 5.57 Å². The highest BCUT2D eigenvalue weighted by molar-refractivity contribution is 5.15. The van der Waals surface area contributed by atoms with Gasteiger partial charge in [0.15, 0.2) is 0 Å². The largest absolute Gasteiger partial charge is 0.377 e. The molecular formula is C25H45N5O. The molecule has 0 amide bonds. The highest BCUT2D eigenvalue weighted by Crippen LogP contribution is 2.42. The maximum atomic E-state index is 6.32. The van der Waals surface area contributed by atoms with Crippen molar-refractivity contribution in [2.45, 2.75) is 108 Å². The summed E-state index contributed by atoms with van der Waals surface area (Å²) in [6.07, 6.45) is 16.3. The number of hydrogen-bond donors (Lipinski definition) is 4. The zero-order valence-corrected chi connectivity index (χ0v) is 19.7. The summed E-state index contributed by atoms with van der Waals surface area (Å²) in [5.41, 5.74) is 1.67. The van der Waals surface area contributed by atoms with Crippen LogP contribution in [0.1, 0.15) is 71.1 Å². The Kier molecular flexibility index (Phi) is 7.33. The maximum Gasteiger partial charge on any atom is 0.113 e. The van der Waals surface area contributed by atoms with Gasteiger partial charge in [-0.15, -0.1) is 0 Å². The first-order valence-electron chi connectivity index (χ1n) is 13.2. The van der Waals surface area contributed by atoms with Crippen LogP contribution in [0.3, 0.4) is 0 Å². The lowest BCUT2D eigenvalue weighted by molar-refractivity contribution is 0.0171. The predicted molar refractivity (Wildman–Crippen MR) is 126 cm³/mol. The molecular weight excluding hydrogens is 386 g/mol. The van der Waals surface area contributed by atoms with Crippen LogP contribution >= 0.6 is 0 Å². The summed E-state index contributed by atoms with van der Waals surface area (Å²) in [5, 5.41) is 15.6. The molecule has 0 aromatic heterocycles. The highest BCUT2D eigenvalue weighted by atomic mass is 16.5. The molecule has 0 aromatic rings. The minimum Gasteiger partial charge on any atom is -0.377 e. The molecule has 7 atom stereocenters. The lowest BCUT2D eigenvalue weighted by atomic mass is 9.72. The maximum absolute atomic E-state index is 6.32. The zero-order valence-electron chi connectivity index (χ0n) is 19.7. The Bertz CT molecular complexity index is 621. The van der Waals surface area contributed by atoms with Gasteiger partial charge in [0.1, 0.15) is 6.29 Å². The molecule has 0 radical (unpaired) electrons. The lowest BCUT2D eigenvalue weighted by Crippen LogP contribution is -2.69. The van der Waals surface area contributed by atoms with Gasteiger partial charge in [0.2, 0.25) is 0 Å². The molecule has 2 saturated heterocycles. The quantitative estimate of drug-likeness (QED) is 0.485. The zero-order chi connectivity index (χ0) is 21.2. The summed E-state index contributed by atoms with van der Waals surface area (Å²) in [6, 6.07) is 1.86. The van der Waals surface area contributed by atoms with Crippen LogP contribution in [0.5, 0.6) is 0 Å². The molecule has 4 fully saturated rings. The molecule has 5 aliphatic rings. The predicted octanol–water partition coefficient (Wildman–Crippen LogP) is 2.53. The van der Waals surface area contributed by atoms with E-state index in [2.05, 4.69) is 46.2 Å². The molecule has 6 nitrogen and oxygen atoms in total. The first-order chi connectivity index (χ1) is 15.2. The Labute approximate surface area is 189 Å². The van der Waals surface area contributed by atoms with Gasteiger partial charge in [0.05, 0.1) is 12.3 Å². The third-order valence-corrected chi connectivity index (χ3v) is 8.66. The molecule has 176 valence electrons. The van der Waals surface area contributed by atoms with E-state index in [1.807, 2.05) is 0 Å². The molecule has 5 rings (SSSR count). The second-order valence-corrected chi connectivity index (χ2v) is 10.9. The Balaban J connectivity index is 1.23. The Morgan fingerprint density at radius 1 is 1.06 bits per heavy atom. The van der Waals surface area contributed by atoms with Gasteiger partial charge in [0, 0.05) is 37.2 Å². The highest BCUT2D eigenvalue weighted by Gasteiger charge is 2.43. The molecule has 3 heterocycles. The van der Waals surface area contributed by atoms with Crippen molar-refractivity contribution in [1.29, 1.82) is 0 Å². The summed E-state index contributed by atoms with van der Waals surface area (Å²) in [7, 11) is 2.25. The van der Waals surface area contributed by atoms with Crippen molar-refractivity contribution in [3.05, 3.63) is 11.6 Å². The summed E-state index contributed by atoms with van der Waals surface area (Å²) in [6.45, 7) is 5.58.